The van der Waals surface area contributed by atoms with E-state index in [1.807, 2.05) is 54.6 Å². The fraction of sp³-hybridized carbons (Fsp3) is 0.136. The minimum atomic E-state index is -0.327. The molecule has 0 radical (unpaired) electrons. The molecule has 0 aromatic heterocycles. The van der Waals surface area contributed by atoms with Gasteiger partial charge in [-0.1, -0.05) is 54.6 Å². The number of rotatable bonds is 4. The highest BCUT2D eigenvalue weighted by atomic mass is 16.5. The Hall–Kier alpha value is -3.47. The number of carbonyl (C=O) groups is 1. The number of ether oxygens (including phenoxy) is 1. The monoisotopic (exact) mass is 361 g/mol. The second-order valence-corrected chi connectivity index (χ2v) is 6.54. The third-order valence-corrected chi connectivity index (χ3v) is 4.65. The molecule has 136 valence electrons. The van der Waals surface area contributed by atoms with E-state index in [1.54, 1.807) is 4.90 Å². The first-order chi connectivity index (χ1) is 13.1. The van der Waals surface area contributed by atoms with Crippen LogP contribution < -0.4 is 4.74 Å². The Balaban J connectivity index is 1.61. The summed E-state index contributed by atoms with van der Waals surface area (Å²) in [5.74, 6) is -0.611. The first kappa shape index (κ1) is 17.0. The molecule has 1 amide bonds. The van der Waals surface area contributed by atoms with Crippen molar-refractivity contribution in [2.24, 2.45) is 0 Å². The second-order valence-electron chi connectivity index (χ2n) is 6.54. The number of amides is 1. The molecule has 0 aliphatic carbocycles. The predicted molar refractivity (Wildman–Crippen MR) is 101 cm³/mol. The van der Waals surface area contributed by atoms with Crippen LogP contribution in [0.15, 0.2) is 66.7 Å². The lowest BCUT2D eigenvalue weighted by molar-refractivity contribution is 0.0743. The molecule has 4 rings (SSSR count). The lowest BCUT2D eigenvalue weighted by Gasteiger charge is -2.19. The summed E-state index contributed by atoms with van der Waals surface area (Å²) in [5, 5.41) is 20.2. The van der Waals surface area contributed by atoms with Crippen molar-refractivity contribution in [3.63, 3.8) is 0 Å². The number of hydrogen-bond acceptors (Lipinski definition) is 4. The molecule has 0 atom stereocenters. The molecule has 0 spiro atoms. The van der Waals surface area contributed by atoms with Crippen LogP contribution in [0.5, 0.6) is 17.2 Å². The molecule has 0 fully saturated rings. The second kappa shape index (κ2) is 7.03. The molecule has 0 bridgehead atoms. The number of aromatic hydroxyl groups is 2. The smallest absolute Gasteiger partial charge is 0.262 e. The van der Waals surface area contributed by atoms with E-state index in [0.717, 1.165) is 22.8 Å². The van der Waals surface area contributed by atoms with Crippen molar-refractivity contribution in [2.45, 2.75) is 19.7 Å². The Morgan fingerprint density at radius 1 is 0.926 bits per heavy atom. The van der Waals surface area contributed by atoms with Crippen LogP contribution in [0.4, 0.5) is 0 Å². The summed E-state index contributed by atoms with van der Waals surface area (Å²) in [7, 11) is 0. The summed E-state index contributed by atoms with van der Waals surface area (Å²) in [6.45, 7) is 1.19. The molecule has 0 saturated carbocycles. The molecular formula is C22H19NO4. The van der Waals surface area contributed by atoms with Gasteiger partial charge in [-0.05, 0) is 16.7 Å². The van der Waals surface area contributed by atoms with E-state index in [-0.39, 0.29) is 35.3 Å². The molecule has 0 saturated heterocycles. The van der Waals surface area contributed by atoms with Gasteiger partial charge in [-0.25, -0.2) is 0 Å². The van der Waals surface area contributed by atoms with Gasteiger partial charge < -0.3 is 19.8 Å². The van der Waals surface area contributed by atoms with Crippen LogP contribution in [0.2, 0.25) is 0 Å². The molecule has 5 nitrogen and oxygen atoms in total. The van der Waals surface area contributed by atoms with Crippen molar-refractivity contribution >= 4 is 5.91 Å². The summed E-state index contributed by atoms with van der Waals surface area (Å²) in [4.78, 5) is 14.7. The van der Waals surface area contributed by atoms with E-state index in [4.69, 9.17) is 4.74 Å². The van der Waals surface area contributed by atoms with Crippen LogP contribution in [-0.2, 0) is 19.7 Å². The van der Waals surface area contributed by atoms with Crippen molar-refractivity contribution in [3.8, 4) is 17.2 Å². The van der Waals surface area contributed by atoms with Gasteiger partial charge in [0.25, 0.3) is 5.91 Å². The molecule has 3 aromatic rings. The Morgan fingerprint density at radius 2 is 1.56 bits per heavy atom. The van der Waals surface area contributed by atoms with Gasteiger partial charge in [-0.15, -0.1) is 0 Å². The quantitative estimate of drug-likeness (QED) is 0.741. The van der Waals surface area contributed by atoms with Crippen molar-refractivity contribution < 1.29 is 19.7 Å². The average Bonchev–Trinajstić information content (AvgIpc) is 3.10. The van der Waals surface area contributed by atoms with Crippen molar-refractivity contribution in [1.82, 2.24) is 4.90 Å². The molecular weight excluding hydrogens is 342 g/mol. The molecule has 1 aliphatic rings. The van der Waals surface area contributed by atoms with Gasteiger partial charge in [0, 0.05) is 25.2 Å². The first-order valence-electron chi connectivity index (χ1n) is 8.70. The van der Waals surface area contributed by atoms with E-state index >= 15 is 0 Å². The largest absolute Gasteiger partial charge is 0.508 e. The number of nitrogens with zero attached hydrogens (tertiary/aromatic N) is 1. The Bertz CT molecular complexity index is 960. The minimum Gasteiger partial charge on any atom is -0.508 e. The number of phenolic OH excluding ortho intramolecular Hbond substituents is 2. The maximum absolute atomic E-state index is 13.1. The number of benzene rings is 3. The number of carbonyl (C=O) groups excluding carboxylic acids is 1. The maximum Gasteiger partial charge on any atom is 0.262 e. The van der Waals surface area contributed by atoms with Crippen molar-refractivity contribution in [1.29, 1.82) is 0 Å². The highest BCUT2D eigenvalue weighted by Crippen LogP contribution is 2.36. The summed E-state index contributed by atoms with van der Waals surface area (Å²) < 4.78 is 5.78. The van der Waals surface area contributed by atoms with Gasteiger partial charge in [-0.3, -0.25) is 4.79 Å². The lowest BCUT2D eigenvalue weighted by Crippen LogP contribution is -2.26. The van der Waals surface area contributed by atoms with Gasteiger partial charge in [0.2, 0.25) is 0 Å². The third kappa shape index (κ3) is 3.44. The highest BCUT2D eigenvalue weighted by molar-refractivity contribution is 6.00. The lowest BCUT2D eigenvalue weighted by atomic mass is 10.1. The highest BCUT2D eigenvalue weighted by Gasteiger charge is 2.28. The first-order valence-corrected chi connectivity index (χ1v) is 8.70. The normalized spacial score (nSPS) is 12.7. The fourth-order valence-corrected chi connectivity index (χ4v) is 3.29. The molecule has 0 unspecified atom stereocenters. The van der Waals surface area contributed by atoms with Crippen LogP contribution in [-0.4, -0.2) is 21.0 Å². The molecule has 1 aliphatic heterocycles. The van der Waals surface area contributed by atoms with E-state index in [0.29, 0.717) is 13.1 Å². The van der Waals surface area contributed by atoms with Gasteiger partial charge in [0.05, 0.1) is 0 Å². The SMILES string of the molecule is O=C(c1c(O)cc(O)cc1OCc1ccccc1)N1Cc2ccccc2C1. The zero-order chi connectivity index (χ0) is 18.8. The predicted octanol–water partition coefficient (Wildman–Crippen LogP) is 3.83. The topological polar surface area (TPSA) is 70.0 Å². The zero-order valence-corrected chi connectivity index (χ0v) is 14.6. The van der Waals surface area contributed by atoms with Crippen LogP contribution in [0, 0.1) is 0 Å². The van der Waals surface area contributed by atoms with Crippen LogP contribution >= 0.6 is 0 Å². The molecule has 2 N–H and O–H groups in total. The van der Waals surface area contributed by atoms with E-state index in [1.165, 1.54) is 6.07 Å². The standard InChI is InChI=1S/C22H19NO4/c24-18-10-19(25)21(20(11-18)27-14-15-6-2-1-3-7-15)22(26)23-12-16-8-4-5-9-17(16)13-23/h1-11,24-25H,12-14H2. The van der Waals surface area contributed by atoms with Crippen LogP contribution in [0.1, 0.15) is 27.0 Å². The van der Waals surface area contributed by atoms with E-state index in [9.17, 15) is 15.0 Å². The fourth-order valence-electron chi connectivity index (χ4n) is 3.29. The molecule has 1 heterocycles. The summed E-state index contributed by atoms with van der Waals surface area (Å²) in [6.07, 6.45) is 0. The summed E-state index contributed by atoms with van der Waals surface area (Å²) in [5.41, 5.74) is 3.18. The average molecular weight is 361 g/mol. The van der Waals surface area contributed by atoms with Crippen molar-refractivity contribution in [2.75, 3.05) is 0 Å². The Morgan fingerprint density at radius 3 is 2.22 bits per heavy atom. The Kier molecular flexibility index (Phi) is 4.42. The minimum absolute atomic E-state index is 0.0662. The van der Waals surface area contributed by atoms with E-state index < -0.39 is 0 Å². The number of fused-ring (bicyclic) bond motifs is 1. The summed E-state index contributed by atoms with van der Waals surface area (Å²) in [6, 6.07) is 19.9. The molecule has 5 heteroatoms. The van der Waals surface area contributed by atoms with Gasteiger partial charge in [-0.2, -0.15) is 0 Å². The third-order valence-electron chi connectivity index (χ3n) is 4.65. The van der Waals surface area contributed by atoms with E-state index in [2.05, 4.69) is 0 Å². The van der Waals surface area contributed by atoms with Gasteiger partial charge >= 0.3 is 0 Å². The van der Waals surface area contributed by atoms with Gasteiger partial charge in [0.1, 0.15) is 29.4 Å². The van der Waals surface area contributed by atoms with Crippen LogP contribution in [0.3, 0.4) is 0 Å². The maximum atomic E-state index is 13.1. The molecule has 27 heavy (non-hydrogen) atoms. The number of hydrogen-bond donors (Lipinski definition) is 2. The zero-order valence-electron chi connectivity index (χ0n) is 14.6. The molecule has 3 aromatic carbocycles. The Labute approximate surface area is 157 Å². The van der Waals surface area contributed by atoms with Gasteiger partial charge in [0.15, 0.2) is 0 Å². The summed E-state index contributed by atoms with van der Waals surface area (Å²) >= 11 is 0. The van der Waals surface area contributed by atoms with Crippen molar-refractivity contribution in [3.05, 3.63) is 89.0 Å². The number of phenols is 2. The van der Waals surface area contributed by atoms with Crippen LogP contribution in [0.25, 0.3) is 0 Å².